The molecular weight excluding hydrogens is 506 g/mol. The number of hydrogen-bond donors (Lipinski definition) is 2. The van der Waals surface area contributed by atoms with Crippen LogP contribution in [0.25, 0.3) is 0 Å². The molecule has 2 heterocycles. The number of hydrogen-bond acceptors (Lipinski definition) is 6. The third kappa shape index (κ3) is 7.82. The van der Waals surface area contributed by atoms with Crippen LogP contribution in [0.1, 0.15) is 36.8 Å². The summed E-state index contributed by atoms with van der Waals surface area (Å²) in [5.74, 6) is -0.0698. The Morgan fingerprint density at radius 3 is 2.30 bits per heavy atom. The van der Waals surface area contributed by atoms with E-state index >= 15 is 0 Å². The highest BCUT2D eigenvalue weighted by Crippen LogP contribution is 2.33. The summed E-state index contributed by atoms with van der Waals surface area (Å²) >= 11 is 0. The smallest absolute Gasteiger partial charge is 0.407 e. The molecule has 2 aromatic rings. The molecule has 2 aliphatic heterocycles. The summed E-state index contributed by atoms with van der Waals surface area (Å²) in [4.78, 5) is 45.7. The molecule has 0 unspecified atom stereocenters. The number of nitrogens with zero attached hydrogens (tertiary/aromatic N) is 3. The van der Waals surface area contributed by atoms with Crippen molar-refractivity contribution in [3.05, 3.63) is 71.8 Å². The highest BCUT2D eigenvalue weighted by Gasteiger charge is 2.53. The fourth-order valence-electron chi connectivity index (χ4n) is 5.54. The summed E-state index contributed by atoms with van der Waals surface area (Å²) in [5.41, 5.74) is 1.43. The molecule has 4 rings (SSSR count). The number of amides is 3. The molecule has 2 N–H and O–H groups in total. The second-order valence-electron chi connectivity index (χ2n) is 11.1. The van der Waals surface area contributed by atoms with Crippen LogP contribution in [0, 0.1) is 0 Å². The molecule has 216 valence electrons. The number of piperazine rings is 1. The summed E-state index contributed by atoms with van der Waals surface area (Å²) in [7, 11) is 3.96. The molecule has 0 aromatic heterocycles. The van der Waals surface area contributed by atoms with Gasteiger partial charge in [-0.15, -0.1) is 0 Å². The Morgan fingerprint density at radius 1 is 1.00 bits per heavy atom. The van der Waals surface area contributed by atoms with Crippen LogP contribution in [0.4, 0.5) is 4.79 Å². The normalized spacial score (nSPS) is 19.1. The molecular formula is C31H43N5O4. The van der Waals surface area contributed by atoms with Crippen molar-refractivity contribution in [2.75, 3.05) is 53.4 Å². The Kier molecular flexibility index (Phi) is 10.5. The molecule has 40 heavy (non-hydrogen) atoms. The van der Waals surface area contributed by atoms with Crippen molar-refractivity contribution in [3.8, 4) is 0 Å². The van der Waals surface area contributed by atoms with Crippen LogP contribution in [-0.2, 0) is 27.4 Å². The number of rotatable bonds is 12. The maximum absolute atomic E-state index is 13.7. The van der Waals surface area contributed by atoms with Crippen LogP contribution in [0.15, 0.2) is 60.7 Å². The molecule has 2 fully saturated rings. The predicted octanol–water partition coefficient (Wildman–Crippen LogP) is 2.66. The van der Waals surface area contributed by atoms with E-state index in [0.29, 0.717) is 45.3 Å². The highest BCUT2D eigenvalue weighted by molar-refractivity contribution is 6.00. The lowest BCUT2D eigenvalue weighted by atomic mass is 9.81. The van der Waals surface area contributed by atoms with Crippen molar-refractivity contribution < 1.29 is 19.1 Å². The lowest BCUT2D eigenvalue weighted by Crippen LogP contribution is -2.73. The number of piperidine rings is 1. The molecule has 3 amide bonds. The minimum atomic E-state index is -0.799. The number of likely N-dealkylation sites (tertiary alicyclic amines) is 1. The summed E-state index contributed by atoms with van der Waals surface area (Å²) in [6.45, 7) is 4.29. The number of likely N-dealkylation sites (N-methyl/N-ethyl adjacent to an activating group) is 1. The maximum Gasteiger partial charge on any atom is 0.407 e. The number of benzene rings is 2. The zero-order valence-electron chi connectivity index (χ0n) is 23.8. The average molecular weight is 550 g/mol. The zero-order valence-corrected chi connectivity index (χ0v) is 23.8. The fraction of sp³-hybridized carbons (Fsp3) is 0.516. The molecule has 0 bridgehead atoms. The average Bonchev–Trinajstić information content (AvgIpc) is 2.97. The van der Waals surface area contributed by atoms with Crippen LogP contribution in [-0.4, -0.2) is 97.6 Å². The SMILES string of the molecule is CN(C)CCN1C(=O)[C@H](CCCNC(=O)OCc2ccccc2)NC(=O)C12CCN(CCc1ccccc1)CC2. The van der Waals surface area contributed by atoms with Gasteiger partial charge in [0, 0.05) is 39.3 Å². The molecule has 0 aliphatic carbocycles. The molecule has 9 nitrogen and oxygen atoms in total. The van der Waals surface area contributed by atoms with Gasteiger partial charge in [0.15, 0.2) is 0 Å². The minimum absolute atomic E-state index is 0.0224. The van der Waals surface area contributed by atoms with Crippen molar-refractivity contribution in [2.45, 2.75) is 50.3 Å². The second-order valence-corrected chi connectivity index (χ2v) is 11.1. The van der Waals surface area contributed by atoms with Crippen LogP contribution in [0.2, 0.25) is 0 Å². The van der Waals surface area contributed by atoms with Crippen molar-refractivity contribution in [1.29, 1.82) is 0 Å². The standard InChI is InChI=1S/C31H43N5O4/c1-34(2)22-23-36-28(37)27(14-9-18-32-30(39)40-24-26-12-7-4-8-13-26)33-29(38)31(36)16-20-35(21-17-31)19-15-25-10-5-3-6-11-25/h3-8,10-13,27H,9,14-24H2,1-2H3,(H,32,39)(H,33,38)/t27-/m0/s1. The first-order chi connectivity index (χ1) is 19.4. The zero-order chi connectivity index (χ0) is 28.4. The Bertz CT molecular complexity index is 1100. The van der Waals surface area contributed by atoms with Gasteiger partial charge in [-0.3, -0.25) is 9.59 Å². The lowest BCUT2D eigenvalue weighted by Gasteiger charge is -2.52. The Hall–Kier alpha value is -3.43. The third-order valence-corrected chi connectivity index (χ3v) is 7.97. The van der Waals surface area contributed by atoms with E-state index in [2.05, 4.69) is 39.8 Å². The van der Waals surface area contributed by atoms with Gasteiger partial charge >= 0.3 is 6.09 Å². The molecule has 2 aliphatic rings. The Balaban J connectivity index is 1.28. The van der Waals surface area contributed by atoms with E-state index in [1.165, 1.54) is 5.56 Å². The predicted molar refractivity (Wildman–Crippen MR) is 155 cm³/mol. The van der Waals surface area contributed by atoms with Gasteiger partial charge in [0.25, 0.3) is 0 Å². The largest absolute Gasteiger partial charge is 0.445 e. The van der Waals surface area contributed by atoms with Crippen molar-refractivity contribution in [2.24, 2.45) is 0 Å². The van der Waals surface area contributed by atoms with E-state index in [-0.39, 0.29) is 18.4 Å². The molecule has 9 heteroatoms. The summed E-state index contributed by atoms with van der Waals surface area (Å²) in [6, 6.07) is 19.3. The lowest BCUT2D eigenvalue weighted by molar-refractivity contribution is -0.161. The number of carbonyl (C=O) groups is 3. The van der Waals surface area contributed by atoms with Crippen molar-refractivity contribution in [3.63, 3.8) is 0 Å². The third-order valence-electron chi connectivity index (χ3n) is 7.97. The number of alkyl carbamates (subject to hydrolysis) is 1. The van der Waals surface area contributed by atoms with Gasteiger partial charge in [0.05, 0.1) is 0 Å². The number of nitrogens with one attached hydrogen (secondary N) is 2. The summed E-state index contributed by atoms with van der Waals surface area (Å²) in [5, 5.41) is 5.79. The van der Waals surface area contributed by atoms with Gasteiger partial charge in [-0.2, -0.15) is 0 Å². The maximum atomic E-state index is 13.7. The minimum Gasteiger partial charge on any atom is -0.445 e. The van der Waals surface area contributed by atoms with Crippen molar-refractivity contribution in [1.82, 2.24) is 25.3 Å². The van der Waals surface area contributed by atoms with Gasteiger partial charge in [-0.1, -0.05) is 60.7 Å². The highest BCUT2D eigenvalue weighted by atomic mass is 16.5. The van der Waals surface area contributed by atoms with E-state index in [4.69, 9.17) is 4.74 Å². The molecule has 0 radical (unpaired) electrons. The van der Waals surface area contributed by atoms with Crippen LogP contribution >= 0.6 is 0 Å². The first-order valence-electron chi connectivity index (χ1n) is 14.4. The van der Waals surface area contributed by atoms with Crippen LogP contribution < -0.4 is 10.6 Å². The van der Waals surface area contributed by atoms with Gasteiger partial charge in [-0.25, -0.2) is 4.79 Å². The van der Waals surface area contributed by atoms with E-state index in [1.807, 2.05) is 60.3 Å². The molecule has 1 atom stereocenters. The molecule has 2 aromatic carbocycles. The number of ether oxygens (including phenoxy) is 1. The molecule has 2 saturated heterocycles. The Morgan fingerprint density at radius 2 is 1.65 bits per heavy atom. The van der Waals surface area contributed by atoms with Gasteiger partial charge in [0.2, 0.25) is 11.8 Å². The van der Waals surface area contributed by atoms with Gasteiger partial charge < -0.3 is 30.1 Å². The monoisotopic (exact) mass is 549 g/mol. The molecule has 1 spiro atoms. The van der Waals surface area contributed by atoms with E-state index in [0.717, 1.165) is 31.6 Å². The summed E-state index contributed by atoms with van der Waals surface area (Å²) in [6.07, 6.45) is 2.76. The van der Waals surface area contributed by atoms with Crippen LogP contribution in [0.3, 0.4) is 0 Å². The van der Waals surface area contributed by atoms with Crippen molar-refractivity contribution >= 4 is 17.9 Å². The summed E-state index contributed by atoms with van der Waals surface area (Å²) < 4.78 is 5.25. The topological polar surface area (TPSA) is 94.2 Å². The second kappa shape index (κ2) is 14.3. The fourth-order valence-corrected chi connectivity index (χ4v) is 5.54. The molecule has 0 saturated carbocycles. The number of carbonyl (C=O) groups excluding carboxylic acids is 3. The van der Waals surface area contributed by atoms with Crippen LogP contribution in [0.5, 0.6) is 0 Å². The Labute approximate surface area is 237 Å². The quantitative estimate of drug-likeness (QED) is 0.396. The van der Waals surface area contributed by atoms with E-state index in [1.54, 1.807) is 0 Å². The van der Waals surface area contributed by atoms with E-state index < -0.39 is 17.7 Å². The van der Waals surface area contributed by atoms with E-state index in [9.17, 15) is 14.4 Å². The first kappa shape index (κ1) is 29.6. The van der Waals surface area contributed by atoms with Gasteiger partial charge in [-0.05, 0) is 57.3 Å². The van der Waals surface area contributed by atoms with Gasteiger partial charge in [0.1, 0.15) is 18.2 Å². The first-order valence-corrected chi connectivity index (χ1v) is 14.4.